The first-order valence-corrected chi connectivity index (χ1v) is 19.5. The molecule has 2 heterocycles. The zero-order valence-electron chi connectivity index (χ0n) is 25.3. The van der Waals surface area contributed by atoms with Crippen LogP contribution in [0.2, 0.25) is 0 Å². The van der Waals surface area contributed by atoms with E-state index in [0.29, 0.717) is 25.7 Å². The first-order valence-electron chi connectivity index (χ1n) is 14.3. The van der Waals surface area contributed by atoms with Crippen molar-refractivity contribution >= 4 is 75.9 Å². The minimum absolute atomic E-state index is 0.149. The number of Topliss-reactive ketones (excluding diaryl/α,β-unsaturated/α-hetero) is 2. The number of nitrogens with one attached hydrogen (secondary N) is 5. The van der Waals surface area contributed by atoms with Crippen LogP contribution in [0.3, 0.4) is 0 Å². The van der Waals surface area contributed by atoms with Gasteiger partial charge in [0, 0.05) is 30.5 Å². The maximum absolute atomic E-state index is 13.7. The molecule has 2 aliphatic heterocycles. The molecule has 21 heteroatoms. The number of carbonyl (C=O) groups excluding carboxylic acids is 6. The Morgan fingerprint density at radius 1 is 1.16 bits per heavy atom. The van der Waals surface area contributed by atoms with Gasteiger partial charge in [-0.05, 0) is 74.2 Å². The van der Waals surface area contributed by atoms with Crippen molar-refractivity contribution in [3.8, 4) is 0 Å². The molecule has 17 nitrogen and oxygen atoms in total. The minimum Gasteiger partial charge on any atom is -0.370 e. The number of nitrogens with two attached hydrogens (primary N) is 1. The molecule has 0 aromatic heterocycles. The number of nitrogens with zero attached hydrogens (tertiary/aromatic N) is 5. The lowest BCUT2D eigenvalue weighted by Gasteiger charge is -2.42. The molecule has 2 saturated heterocycles. The topological polar surface area (TPSA) is 253 Å². The van der Waals surface area contributed by atoms with Crippen molar-refractivity contribution in [1.82, 2.24) is 31.0 Å². The molecule has 0 spiro atoms. The lowest BCUT2D eigenvalue weighted by Crippen LogP contribution is -2.61. The number of hydrogen-bond donors (Lipinski definition) is 6. The SMILES string of the molecule is CC(=O)C[C@H](NC(=O)CNC(=O)[C@H](CCCN=C(N)NP)NC(=O)C1CC[C@H]2C[C@@H](CN=[N+]=[N-])[C@@H](NP(P)P)C(=O)N12)C(C)=O. The molecule has 0 aromatic carbocycles. The Bertz CT molecular complexity index is 1200. The number of rotatable bonds is 17. The smallest absolute Gasteiger partial charge is 0.243 e. The van der Waals surface area contributed by atoms with E-state index >= 15 is 0 Å². The maximum atomic E-state index is 13.7. The van der Waals surface area contributed by atoms with Crippen LogP contribution in [0.25, 0.3) is 10.4 Å². The Morgan fingerprint density at radius 2 is 1.87 bits per heavy atom. The lowest BCUT2D eigenvalue weighted by atomic mass is 9.87. The van der Waals surface area contributed by atoms with Gasteiger partial charge in [0.25, 0.3) is 0 Å². The van der Waals surface area contributed by atoms with E-state index < -0.39 is 61.7 Å². The van der Waals surface area contributed by atoms with Gasteiger partial charge in [-0.2, -0.15) is 0 Å². The molecule has 2 rings (SSSR count). The Morgan fingerprint density at radius 3 is 2.47 bits per heavy atom. The van der Waals surface area contributed by atoms with Crippen molar-refractivity contribution in [3.63, 3.8) is 0 Å². The van der Waals surface area contributed by atoms with Gasteiger partial charge in [0.2, 0.25) is 23.6 Å². The summed E-state index contributed by atoms with van der Waals surface area (Å²) in [6, 6.07) is -3.75. The van der Waals surface area contributed by atoms with Crippen LogP contribution in [-0.2, 0) is 28.8 Å². The van der Waals surface area contributed by atoms with Crippen molar-refractivity contribution < 1.29 is 28.8 Å². The number of amides is 4. The average Bonchev–Trinajstić information content (AvgIpc) is 3.41. The van der Waals surface area contributed by atoms with Gasteiger partial charge in [-0.1, -0.05) is 23.0 Å². The Balaban J connectivity index is 2.15. The number of guanidine groups is 1. The van der Waals surface area contributed by atoms with Crippen molar-refractivity contribution in [1.29, 1.82) is 0 Å². The van der Waals surface area contributed by atoms with E-state index in [1.807, 2.05) is 0 Å². The highest BCUT2D eigenvalue weighted by Crippen LogP contribution is 2.50. The first kappa shape index (κ1) is 38.7. The first-order chi connectivity index (χ1) is 21.3. The highest BCUT2D eigenvalue weighted by Gasteiger charge is 2.49. The van der Waals surface area contributed by atoms with Crippen LogP contribution in [0.15, 0.2) is 10.1 Å². The molecule has 2 fully saturated rings. The molecule has 4 unspecified atom stereocenters. The van der Waals surface area contributed by atoms with Gasteiger partial charge >= 0.3 is 0 Å². The largest absolute Gasteiger partial charge is 0.370 e. The molecule has 0 aliphatic carbocycles. The van der Waals surface area contributed by atoms with Crippen LogP contribution in [0.4, 0.5) is 0 Å². The van der Waals surface area contributed by atoms with Crippen LogP contribution in [0, 0.1) is 5.92 Å². The fraction of sp³-hybridized carbons (Fsp3) is 0.708. The second-order valence-corrected chi connectivity index (χ2v) is 17.4. The summed E-state index contributed by atoms with van der Waals surface area (Å²) in [4.78, 5) is 84.7. The van der Waals surface area contributed by atoms with Gasteiger partial charge in [0.05, 0.1) is 18.6 Å². The van der Waals surface area contributed by atoms with Gasteiger partial charge in [-0.15, -0.1) is 0 Å². The normalized spacial score (nSPS) is 22.5. The summed E-state index contributed by atoms with van der Waals surface area (Å²) >= 11 is 0. The number of aliphatic imine (C=N–C) groups is 1. The molecule has 0 saturated carbocycles. The van der Waals surface area contributed by atoms with Gasteiger partial charge < -0.3 is 31.7 Å². The Hall–Kier alpha value is -2.52. The quantitative estimate of drug-likeness (QED) is 0.0221. The number of azide groups is 1. The van der Waals surface area contributed by atoms with Gasteiger partial charge in [0.1, 0.15) is 17.9 Å². The van der Waals surface area contributed by atoms with Crippen LogP contribution >= 0.6 is 34.7 Å². The summed E-state index contributed by atoms with van der Waals surface area (Å²) in [5, 5.41) is 17.2. The van der Waals surface area contributed by atoms with E-state index in [-0.39, 0.29) is 55.5 Å². The zero-order chi connectivity index (χ0) is 33.7. The molecule has 2 aliphatic rings. The molecule has 250 valence electrons. The number of hydrogen-bond acceptors (Lipinski definition) is 9. The molecule has 0 bridgehead atoms. The van der Waals surface area contributed by atoms with Crippen LogP contribution in [0.1, 0.15) is 52.4 Å². The summed E-state index contributed by atoms with van der Waals surface area (Å²) in [5.74, 6) is -2.81. The monoisotopic (exact) mass is 705 g/mol. The zero-order valence-corrected chi connectivity index (χ0v) is 29.6. The third-order valence-corrected chi connectivity index (χ3v) is 9.26. The number of fused-ring (bicyclic) bond motifs is 1. The number of ketones is 2. The Kier molecular flexibility index (Phi) is 16.5. The molecule has 9 atom stereocenters. The minimum atomic E-state index is -1.07. The molecule has 0 radical (unpaired) electrons. The van der Waals surface area contributed by atoms with Gasteiger partial charge in [0.15, 0.2) is 11.7 Å². The summed E-state index contributed by atoms with van der Waals surface area (Å²) in [6.45, 7) is 2.47. The molecule has 4 amide bonds. The van der Waals surface area contributed by atoms with Crippen LogP contribution in [0.5, 0.6) is 0 Å². The van der Waals surface area contributed by atoms with E-state index in [1.54, 1.807) is 4.90 Å². The summed E-state index contributed by atoms with van der Waals surface area (Å²) in [5.41, 5.74) is 14.5. The van der Waals surface area contributed by atoms with Crippen molar-refractivity contribution in [2.24, 2.45) is 21.8 Å². The highest BCUT2D eigenvalue weighted by atomic mass is 32.4. The van der Waals surface area contributed by atoms with Crippen molar-refractivity contribution in [3.05, 3.63) is 10.4 Å². The van der Waals surface area contributed by atoms with E-state index in [1.165, 1.54) is 13.8 Å². The fourth-order valence-corrected chi connectivity index (χ4v) is 7.09. The fourth-order valence-electron chi connectivity index (χ4n) is 5.39. The van der Waals surface area contributed by atoms with Gasteiger partial charge in [-0.3, -0.25) is 38.8 Å². The predicted octanol–water partition coefficient (Wildman–Crippen LogP) is -0.260. The predicted molar refractivity (Wildman–Crippen MR) is 180 cm³/mol. The standard InChI is InChI=1S/C24H43N11O6P4/c1-12(36)8-17(13(2)37)30-19(38)11-28-21(39)16(4-3-7-27-24(25)32-42)31-22(40)18-6-5-15-9-14(10-29-34-26)20(33-45(43)44)23(41)35(15)18/h14-18,20,33H,3-11,42-44H2,1-2H3,(H,28,39)(H,30,38)(H,31,40)(H3,25,27,32)/t14-,15-,16-,17-,18?,20+/m0/s1. The summed E-state index contributed by atoms with van der Waals surface area (Å²) in [6.07, 6.45) is 1.86. The Labute approximate surface area is 269 Å². The van der Waals surface area contributed by atoms with E-state index in [2.05, 4.69) is 68.4 Å². The molecule has 7 N–H and O–H groups in total. The third-order valence-electron chi connectivity index (χ3n) is 7.49. The second kappa shape index (κ2) is 19.2. The molecule has 45 heavy (non-hydrogen) atoms. The second-order valence-electron chi connectivity index (χ2n) is 10.9. The van der Waals surface area contributed by atoms with Crippen LogP contribution in [-0.4, -0.2) is 95.9 Å². The number of carbonyl (C=O) groups is 6. The van der Waals surface area contributed by atoms with Crippen LogP contribution < -0.4 is 31.9 Å². The molecular formula is C24H43N11O6P4. The summed E-state index contributed by atoms with van der Waals surface area (Å²) < 4.78 is 0. The number of piperidine rings is 1. The molecule has 0 aromatic rings. The van der Waals surface area contributed by atoms with Crippen molar-refractivity contribution in [2.45, 2.75) is 82.6 Å². The van der Waals surface area contributed by atoms with E-state index in [4.69, 9.17) is 11.3 Å². The van der Waals surface area contributed by atoms with Crippen molar-refractivity contribution in [2.75, 3.05) is 19.6 Å². The lowest BCUT2D eigenvalue weighted by molar-refractivity contribution is -0.146. The van der Waals surface area contributed by atoms with E-state index in [9.17, 15) is 28.8 Å². The van der Waals surface area contributed by atoms with E-state index in [0.717, 1.165) is 0 Å². The average molecular weight is 706 g/mol. The highest BCUT2D eigenvalue weighted by molar-refractivity contribution is 8.42. The third kappa shape index (κ3) is 12.3. The summed E-state index contributed by atoms with van der Waals surface area (Å²) in [7, 11) is 6.56. The maximum Gasteiger partial charge on any atom is 0.243 e. The van der Waals surface area contributed by atoms with Gasteiger partial charge in [-0.25, -0.2) is 0 Å². The molecular weight excluding hydrogens is 662 g/mol.